The predicted octanol–water partition coefficient (Wildman–Crippen LogP) is 2.79. The third-order valence-corrected chi connectivity index (χ3v) is 3.58. The largest absolute Gasteiger partial charge is 0.325 e. The van der Waals surface area contributed by atoms with Gasteiger partial charge in [-0.1, -0.05) is 30.3 Å². The molecule has 2 aromatic rings. The molecule has 1 aromatic carbocycles. The Morgan fingerprint density at radius 1 is 1.27 bits per heavy atom. The molecular formula is C11H12N2S2. The van der Waals surface area contributed by atoms with Crippen molar-refractivity contribution in [2.45, 2.75) is 13.1 Å². The van der Waals surface area contributed by atoms with Gasteiger partial charge in [-0.2, -0.15) is 0 Å². The van der Waals surface area contributed by atoms with Crippen molar-refractivity contribution in [2.75, 3.05) is 0 Å². The van der Waals surface area contributed by atoms with Gasteiger partial charge in [-0.15, -0.1) is 11.3 Å². The van der Waals surface area contributed by atoms with E-state index in [0.29, 0.717) is 6.54 Å². The van der Waals surface area contributed by atoms with Gasteiger partial charge in [-0.3, -0.25) is 0 Å². The Labute approximate surface area is 98.0 Å². The second-order valence-electron chi connectivity index (χ2n) is 3.27. The van der Waals surface area contributed by atoms with Gasteiger partial charge in [-0.05, 0) is 17.8 Å². The Hall–Kier alpha value is -0.970. The summed E-state index contributed by atoms with van der Waals surface area (Å²) in [6.07, 6.45) is 0. The molecule has 15 heavy (non-hydrogen) atoms. The molecule has 0 atom stereocenters. The van der Waals surface area contributed by atoms with Crippen LogP contribution < -0.4 is 5.73 Å². The van der Waals surface area contributed by atoms with E-state index in [4.69, 9.17) is 18.0 Å². The second-order valence-corrected chi connectivity index (χ2v) is 4.77. The highest BCUT2D eigenvalue weighted by Gasteiger charge is 2.02. The summed E-state index contributed by atoms with van der Waals surface area (Å²) < 4.78 is 2.98. The number of aromatic nitrogens is 1. The third kappa shape index (κ3) is 2.34. The second kappa shape index (κ2) is 4.70. The van der Waals surface area contributed by atoms with E-state index in [9.17, 15) is 0 Å². The van der Waals surface area contributed by atoms with Crippen LogP contribution in [0.25, 0.3) is 0 Å². The van der Waals surface area contributed by atoms with Crippen LogP contribution in [-0.2, 0) is 13.1 Å². The monoisotopic (exact) mass is 236 g/mol. The molecule has 0 aliphatic carbocycles. The number of hydrogen-bond donors (Lipinski definition) is 1. The van der Waals surface area contributed by atoms with Crippen LogP contribution >= 0.6 is 23.6 Å². The van der Waals surface area contributed by atoms with Crippen molar-refractivity contribution in [3.05, 3.63) is 50.9 Å². The van der Waals surface area contributed by atoms with Gasteiger partial charge in [0.1, 0.15) is 0 Å². The van der Waals surface area contributed by atoms with Crippen LogP contribution in [0.4, 0.5) is 0 Å². The molecule has 78 valence electrons. The van der Waals surface area contributed by atoms with E-state index in [1.165, 1.54) is 5.56 Å². The van der Waals surface area contributed by atoms with Gasteiger partial charge in [0.2, 0.25) is 0 Å². The lowest BCUT2D eigenvalue weighted by Gasteiger charge is -2.06. The maximum atomic E-state index is 5.66. The standard InChI is InChI=1S/C11H12N2S2/c12-6-10-8-15-11(14)13(10)7-9-4-2-1-3-5-9/h1-5,8H,6-7,12H2. The molecule has 0 saturated heterocycles. The topological polar surface area (TPSA) is 30.9 Å². The summed E-state index contributed by atoms with van der Waals surface area (Å²) >= 11 is 6.84. The Kier molecular flexibility index (Phi) is 3.30. The smallest absolute Gasteiger partial charge is 0.161 e. The first kappa shape index (κ1) is 10.5. The molecule has 1 heterocycles. The van der Waals surface area contributed by atoms with Crippen molar-refractivity contribution in [1.29, 1.82) is 0 Å². The maximum Gasteiger partial charge on any atom is 0.161 e. The quantitative estimate of drug-likeness (QED) is 0.831. The van der Waals surface area contributed by atoms with Gasteiger partial charge < -0.3 is 10.3 Å². The van der Waals surface area contributed by atoms with Gasteiger partial charge in [0.25, 0.3) is 0 Å². The van der Waals surface area contributed by atoms with Gasteiger partial charge in [-0.25, -0.2) is 0 Å². The fourth-order valence-electron chi connectivity index (χ4n) is 1.45. The first-order valence-electron chi connectivity index (χ1n) is 4.72. The predicted molar refractivity (Wildman–Crippen MR) is 66.6 cm³/mol. The Morgan fingerprint density at radius 3 is 2.67 bits per heavy atom. The zero-order chi connectivity index (χ0) is 10.7. The molecule has 0 aliphatic rings. The molecule has 0 bridgehead atoms. The lowest BCUT2D eigenvalue weighted by molar-refractivity contribution is 0.738. The van der Waals surface area contributed by atoms with Crippen molar-refractivity contribution in [3.63, 3.8) is 0 Å². The van der Waals surface area contributed by atoms with Crippen LogP contribution in [0.15, 0.2) is 35.7 Å². The zero-order valence-corrected chi connectivity index (χ0v) is 9.85. The normalized spacial score (nSPS) is 10.5. The van der Waals surface area contributed by atoms with E-state index >= 15 is 0 Å². The molecule has 2 N–H and O–H groups in total. The van der Waals surface area contributed by atoms with Crippen LogP contribution in [0, 0.1) is 3.95 Å². The highest BCUT2D eigenvalue weighted by atomic mass is 32.1. The number of benzene rings is 1. The lowest BCUT2D eigenvalue weighted by Crippen LogP contribution is -2.08. The molecule has 0 aliphatic heterocycles. The van der Waals surface area contributed by atoms with Crippen molar-refractivity contribution in [1.82, 2.24) is 4.57 Å². The van der Waals surface area contributed by atoms with Crippen LogP contribution in [0.3, 0.4) is 0 Å². The summed E-state index contributed by atoms with van der Waals surface area (Å²) in [5.74, 6) is 0. The molecule has 0 fully saturated rings. The molecule has 2 rings (SSSR count). The van der Waals surface area contributed by atoms with Gasteiger partial charge >= 0.3 is 0 Å². The van der Waals surface area contributed by atoms with Crippen molar-refractivity contribution in [2.24, 2.45) is 5.73 Å². The van der Waals surface area contributed by atoms with Crippen molar-refractivity contribution < 1.29 is 0 Å². The van der Waals surface area contributed by atoms with Gasteiger partial charge in [0.15, 0.2) is 3.95 Å². The average molecular weight is 236 g/mol. The first-order valence-corrected chi connectivity index (χ1v) is 6.01. The number of nitrogens with two attached hydrogens (primary N) is 1. The molecule has 4 heteroatoms. The molecule has 2 nitrogen and oxygen atoms in total. The summed E-state index contributed by atoms with van der Waals surface area (Å²) in [5, 5.41) is 2.03. The van der Waals surface area contributed by atoms with Gasteiger partial charge in [0.05, 0.1) is 0 Å². The van der Waals surface area contributed by atoms with E-state index in [0.717, 1.165) is 16.2 Å². The number of thiazole rings is 1. The summed E-state index contributed by atoms with van der Waals surface area (Å²) in [6, 6.07) is 10.3. The molecule has 0 amide bonds. The van der Waals surface area contributed by atoms with Crippen LogP contribution in [0.2, 0.25) is 0 Å². The average Bonchev–Trinajstić information content (AvgIpc) is 2.62. The van der Waals surface area contributed by atoms with E-state index in [2.05, 4.69) is 16.7 Å². The maximum absolute atomic E-state index is 5.66. The number of nitrogens with zero attached hydrogens (tertiary/aromatic N) is 1. The number of hydrogen-bond acceptors (Lipinski definition) is 3. The lowest BCUT2D eigenvalue weighted by atomic mass is 10.2. The van der Waals surface area contributed by atoms with Crippen LogP contribution in [0.5, 0.6) is 0 Å². The van der Waals surface area contributed by atoms with Crippen LogP contribution in [0.1, 0.15) is 11.3 Å². The molecule has 0 unspecified atom stereocenters. The molecular weight excluding hydrogens is 224 g/mol. The first-order chi connectivity index (χ1) is 7.31. The third-order valence-electron chi connectivity index (χ3n) is 2.26. The number of rotatable bonds is 3. The van der Waals surface area contributed by atoms with Gasteiger partial charge in [0, 0.05) is 24.2 Å². The van der Waals surface area contributed by atoms with Crippen molar-refractivity contribution in [3.8, 4) is 0 Å². The molecule has 0 saturated carbocycles. The Bertz CT molecular complexity index is 485. The minimum absolute atomic E-state index is 0.542. The van der Waals surface area contributed by atoms with E-state index < -0.39 is 0 Å². The highest BCUT2D eigenvalue weighted by molar-refractivity contribution is 7.73. The minimum Gasteiger partial charge on any atom is -0.325 e. The van der Waals surface area contributed by atoms with Crippen LogP contribution in [-0.4, -0.2) is 4.57 Å². The molecule has 0 radical (unpaired) electrons. The van der Waals surface area contributed by atoms with E-state index in [-0.39, 0.29) is 0 Å². The summed E-state index contributed by atoms with van der Waals surface area (Å²) in [7, 11) is 0. The minimum atomic E-state index is 0.542. The Balaban J connectivity index is 2.32. The fourth-order valence-corrected chi connectivity index (χ4v) is 2.55. The van der Waals surface area contributed by atoms with Crippen molar-refractivity contribution >= 4 is 23.6 Å². The highest BCUT2D eigenvalue weighted by Crippen LogP contribution is 2.13. The SMILES string of the molecule is NCc1csc(=S)n1Cc1ccccc1. The summed E-state index contributed by atoms with van der Waals surface area (Å²) in [6.45, 7) is 1.36. The Morgan fingerprint density at radius 2 is 2.00 bits per heavy atom. The van der Waals surface area contributed by atoms with E-state index in [1.807, 2.05) is 23.6 Å². The fraction of sp³-hybridized carbons (Fsp3) is 0.182. The summed E-state index contributed by atoms with van der Waals surface area (Å²) in [4.78, 5) is 0. The molecule has 0 spiro atoms. The zero-order valence-electron chi connectivity index (χ0n) is 8.22. The van der Waals surface area contributed by atoms with E-state index in [1.54, 1.807) is 11.3 Å². The summed E-state index contributed by atoms with van der Waals surface area (Å²) in [5.41, 5.74) is 8.01. The molecule has 1 aromatic heterocycles.